The molecule has 0 aliphatic carbocycles. The number of nitrogens with one attached hydrogen (secondary N) is 1. The van der Waals surface area contributed by atoms with Crippen LogP contribution in [0, 0.1) is 5.82 Å². The van der Waals surface area contributed by atoms with Crippen molar-refractivity contribution in [3.8, 4) is 21.3 Å². The van der Waals surface area contributed by atoms with Crippen molar-refractivity contribution in [1.82, 2.24) is 24.8 Å². The number of piperidine rings is 1. The second-order valence-corrected chi connectivity index (χ2v) is 13.1. The Bertz CT molecular complexity index is 1580. The third-order valence-corrected chi connectivity index (χ3v) is 9.33. The monoisotopic (exact) mass is 637 g/mol. The van der Waals surface area contributed by atoms with Gasteiger partial charge in [-0.2, -0.15) is 0 Å². The maximum absolute atomic E-state index is 15.9. The van der Waals surface area contributed by atoms with E-state index in [0.717, 1.165) is 17.0 Å². The summed E-state index contributed by atoms with van der Waals surface area (Å²) < 4.78 is 105. The number of hydrogen-bond acceptors (Lipinski definition) is 9. The molecule has 0 radical (unpaired) electrons. The molecule has 1 amide bonds. The van der Waals surface area contributed by atoms with Gasteiger partial charge >= 0.3 is 0 Å². The minimum Gasteiger partial charge on any atom is -0.415 e. The van der Waals surface area contributed by atoms with Crippen molar-refractivity contribution < 1.29 is 44.7 Å². The fraction of sp³-hybridized carbons (Fsp3) is 0.520. The van der Waals surface area contributed by atoms with E-state index in [0.29, 0.717) is 17.8 Å². The summed E-state index contributed by atoms with van der Waals surface area (Å²) in [7, 11) is -4.56. The molecule has 4 rings (SSSR count). The number of halogens is 5. The molecule has 230 valence electrons. The fourth-order valence-corrected chi connectivity index (χ4v) is 6.62. The zero-order valence-electron chi connectivity index (χ0n) is 22.9. The minimum atomic E-state index is -4.56. The van der Waals surface area contributed by atoms with E-state index < -0.39 is 80.3 Å². The summed E-state index contributed by atoms with van der Waals surface area (Å²) >= 11 is 0.609. The largest absolute Gasteiger partial charge is 0.415 e. The molecule has 3 aromatic rings. The van der Waals surface area contributed by atoms with Gasteiger partial charge in [-0.3, -0.25) is 4.79 Å². The van der Waals surface area contributed by atoms with Crippen LogP contribution in [0.4, 0.5) is 22.0 Å². The Kier molecular flexibility index (Phi) is 8.79. The molecule has 1 atom stereocenters. The number of amides is 1. The van der Waals surface area contributed by atoms with Crippen LogP contribution in [0.2, 0.25) is 0 Å². The Morgan fingerprint density at radius 3 is 2.43 bits per heavy atom. The van der Waals surface area contributed by atoms with Crippen LogP contribution in [0.3, 0.4) is 0 Å². The predicted octanol–water partition coefficient (Wildman–Crippen LogP) is 5.11. The quantitative estimate of drug-likeness (QED) is 0.309. The average Bonchev–Trinajstić information content (AvgIpc) is 3.55. The van der Waals surface area contributed by atoms with Gasteiger partial charge in [-0.1, -0.05) is 6.92 Å². The molecule has 2 N–H and O–H groups in total. The predicted molar refractivity (Wildman–Crippen MR) is 141 cm³/mol. The number of carbonyl (C=O) groups is 1. The zero-order chi connectivity index (χ0) is 31.2. The van der Waals surface area contributed by atoms with Gasteiger partial charge < -0.3 is 14.4 Å². The third kappa shape index (κ3) is 6.48. The first-order chi connectivity index (χ1) is 19.4. The molecule has 0 saturated carbocycles. The molecule has 3 heterocycles. The molecule has 0 unspecified atom stereocenters. The van der Waals surface area contributed by atoms with Crippen molar-refractivity contribution in [2.24, 2.45) is 0 Å². The molecule has 42 heavy (non-hydrogen) atoms. The molecule has 2 aromatic heterocycles. The van der Waals surface area contributed by atoms with Gasteiger partial charge in [0.05, 0.1) is 15.3 Å². The third-order valence-electron chi connectivity index (χ3n) is 6.60. The van der Waals surface area contributed by atoms with Gasteiger partial charge in [0.15, 0.2) is 5.01 Å². The lowest BCUT2D eigenvalue weighted by atomic mass is 10.0. The molecule has 1 fully saturated rings. The van der Waals surface area contributed by atoms with E-state index in [9.17, 15) is 35.9 Å². The number of rotatable bonds is 9. The Morgan fingerprint density at radius 2 is 1.88 bits per heavy atom. The van der Waals surface area contributed by atoms with Crippen molar-refractivity contribution >= 4 is 27.3 Å². The molecule has 0 spiro atoms. The van der Waals surface area contributed by atoms with E-state index in [1.807, 2.05) is 0 Å². The summed E-state index contributed by atoms with van der Waals surface area (Å²) in [6, 6.07) is 1.11. The molecule has 1 aromatic carbocycles. The van der Waals surface area contributed by atoms with Gasteiger partial charge in [-0.15, -0.1) is 21.5 Å². The van der Waals surface area contributed by atoms with Crippen molar-refractivity contribution in [2.45, 2.75) is 75.8 Å². The maximum atomic E-state index is 15.9. The van der Waals surface area contributed by atoms with Crippen LogP contribution in [0.1, 0.15) is 75.3 Å². The summed E-state index contributed by atoms with van der Waals surface area (Å²) in [5, 5.41) is 17.5. The first-order valence-electron chi connectivity index (χ1n) is 12.8. The molecular formula is C25H28F5N5O5S2. The molecule has 1 saturated heterocycles. The number of sulfonamides is 1. The van der Waals surface area contributed by atoms with Gasteiger partial charge in [0.25, 0.3) is 24.1 Å². The van der Waals surface area contributed by atoms with E-state index in [-0.39, 0.29) is 34.8 Å². The summed E-state index contributed by atoms with van der Waals surface area (Å²) in [5.41, 5.74) is -3.98. The minimum absolute atomic E-state index is 0.146. The van der Waals surface area contributed by atoms with Gasteiger partial charge in [-0.05, 0) is 39.3 Å². The Labute approximate surface area is 242 Å². The lowest BCUT2D eigenvalue weighted by Crippen LogP contribution is -2.43. The van der Waals surface area contributed by atoms with Crippen LogP contribution in [-0.4, -0.2) is 64.6 Å². The number of aromatic nitrogens is 3. The standard InChI is InChI=1S/C25H28F5N5O5S2/c1-5-12(2)34-42(38,39)14-7-6-13(16(26)15(14)19(27)28)18-17(22(36)35-10-8-25(29,30)9-11-35)31-21(41-18)20-32-33-23(40-20)24(3,4)37/h6-7,12,19,34,37H,5,8-11H2,1-4H3/t12-/m1/s1. The highest BCUT2D eigenvalue weighted by Gasteiger charge is 2.38. The smallest absolute Gasteiger partial charge is 0.276 e. The fourth-order valence-electron chi connectivity index (χ4n) is 4.08. The number of alkyl halides is 4. The van der Waals surface area contributed by atoms with Gasteiger partial charge in [0.1, 0.15) is 17.1 Å². The molecule has 1 aliphatic rings. The molecular weight excluding hydrogens is 609 g/mol. The number of aliphatic hydroxyl groups is 1. The van der Waals surface area contributed by atoms with Crippen LogP contribution in [-0.2, 0) is 15.6 Å². The Balaban J connectivity index is 1.87. The van der Waals surface area contributed by atoms with E-state index in [4.69, 9.17) is 4.42 Å². The topological polar surface area (TPSA) is 139 Å². The van der Waals surface area contributed by atoms with Crippen molar-refractivity contribution in [3.05, 3.63) is 35.1 Å². The lowest BCUT2D eigenvalue weighted by Gasteiger charge is -2.31. The highest BCUT2D eigenvalue weighted by Crippen LogP contribution is 2.42. The second-order valence-electron chi connectivity index (χ2n) is 10.4. The number of nitrogens with zero attached hydrogens (tertiary/aromatic N) is 4. The second kappa shape index (κ2) is 11.6. The van der Waals surface area contributed by atoms with E-state index >= 15 is 4.39 Å². The normalized spacial score (nSPS) is 16.7. The highest BCUT2D eigenvalue weighted by atomic mass is 32.2. The van der Waals surface area contributed by atoms with Crippen molar-refractivity contribution in [3.63, 3.8) is 0 Å². The van der Waals surface area contributed by atoms with Crippen LogP contribution < -0.4 is 4.72 Å². The number of likely N-dealkylation sites (tertiary alicyclic amines) is 1. The van der Waals surface area contributed by atoms with Crippen LogP contribution in [0.5, 0.6) is 0 Å². The zero-order valence-corrected chi connectivity index (χ0v) is 24.6. The van der Waals surface area contributed by atoms with Gasteiger partial charge in [-0.25, -0.2) is 40.1 Å². The number of hydrogen-bond donors (Lipinski definition) is 2. The molecule has 1 aliphatic heterocycles. The van der Waals surface area contributed by atoms with Crippen LogP contribution in [0.25, 0.3) is 21.3 Å². The van der Waals surface area contributed by atoms with Crippen LogP contribution in [0.15, 0.2) is 21.4 Å². The Morgan fingerprint density at radius 1 is 1.24 bits per heavy atom. The van der Waals surface area contributed by atoms with Crippen molar-refractivity contribution in [1.29, 1.82) is 0 Å². The van der Waals surface area contributed by atoms with Crippen LogP contribution >= 0.6 is 11.3 Å². The Hall–Kier alpha value is -3.02. The molecule has 0 bridgehead atoms. The first kappa shape index (κ1) is 31.9. The first-order valence-corrected chi connectivity index (χ1v) is 15.1. The SMILES string of the molecule is CC[C@@H](C)NS(=O)(=O)c1ccc(-c2sc(-c3nnc(C(C)(C)O)o3)nc2C(=O)N2CCC(F)(F)CC2)c(F)c1C(F)F. The number of carbonyl (C=O) groups excluding carboxylic acids is 1. The number of benzene rings is 1. The van der Waals surface area contributed by atoms with Crippen molar-refractivity contribution in [2.75, 3.05) is 13.1 Å². The number of thiazole rings is 1. The van der Waals surface area contributed by atoms with Gasteiger partial charge in [0, 0.05) is 37.5 Å². The highest BCUT2D eigenvalue weighted by molar-refractivity contribution is 7.89. The summed E-state index contributed by atoms with van der Waals surface area (Å²) in [6.45, 7) is 5.23. The molecule has 17 heteroatoms. The summed E-state index contributed by atoms with van der Waals surface area (Å²) in [5.74, 6) is -5.95. The molecule has 10 nitrogen and oxygen atoms in total. The lowest BCUT2D eigenvalue weighted by molar-refractivity contribution is -0.0495. The maximum Gasteiger partial charge on any atom is 0.276 e. The average molecular weight is 638 g/mol. The van der Waals surface area contributed by atoms with E-state index in [1.54, 1.807) is 6.92 Å². The summed E-state index contributed by atoms with van der Waals surface area (Å²) in [6.07, 6.45) is -4.46. The van der Waals surface area contributed by atoms with E-state index in [2.05, 4.69) is 19.9 Å². The van der Waals surface area contributed by atoms with E-state index in [1.165, 1.54) is 20.8 Å². The summed E-state index contributed by atoms with van der Waals surface area (Å²) in [4.78, 5) is 17.5. The van der Waals surface area contributed by atoms with Gasteiger partial charge in [0.2, 0.25) is 15.9 Å².